The van der Waals surface area contributed by atoms with Crippen LogP contribution >= 0.6 is 0 Å². The van der Waals surface area contributed by atoms with Gasteiger partial charge in [-0.3, -0.25) is 4.79 Å². The smallest absolute Gasteiger partial charge is 0.241 e. The van der Waals surface area contributed by atoms with Crippen molar-refractivity contribution >= 4 is 17.5 Å². The van der Waals surface area contributed by atoms with Gasteiger partial charge in [0.1, 0.15) is 0 Å². The molecule has 1 aliphatic heterocycles. The number of carbonyl (C=O) groups excluding carboxylic acids is 1. The normalized spacial score (nSPS) is 14.4. The van der Waals surface area contributed by atoms with Gasteiger partial charge in [-0.2, -0.15) is 0 Å². The molecule has 138 valence electrons. The molecule has 1 aromatic heterocycles. The Morgan fingerprint density at radius 3 is 2.19 bits per heavy atom. The number of anilines is 2. The van der Waals surface area contributed by atoms with Crippen LogP contribution in [0.15, 0.2) is 36.7 Å². The van der Waals surface area contributed by atoms with Crippen LogP contribution in [0.3, 0.4) is 0 Å². The van der Waals surface area contributed by atoms with Gasteiger partial charge >= 0.3 is 0 Å². The first kappa shape index (κ1) is 18.2. The van der Waals surface area contributed by atoms with Gasteiger partial charge in [-0.1, -0.05) is 32.0 Å². The first-order chi connectivity index (χ1) is 12.7. The van der Waals surface area contributed by atoms with Crippen LogP contribution in [-0.2, 0) is 17.6 Å². The third kappa shape index (κ3) is 4.12. The maximum atomic E-state index is 12.6. The van der Waals surface area contributed by atoms with E-state index in [1.807, 2.05) is 11.0 Å². The van der Waals surface area contributed by atoms with Gasteiger partial charge < -0.3 is 15.1 Å². The van der Waals surface area contributed by atoms with Gasteiger partial charge in [0, 0.05) is 44.3 Å². The SMILES string of the molecule is CCc1cccc(CC)c1NCC(=O)N1CCN(c2ncccn2)CC1. The number of aromatic nitrogens is 2. The number of para-hydroxylation sites is 1. The van der Waals surface area contributed by atoms with Crippen LogP contribution in [0.1, 0.15) is 25.0 Å². The number of carbonyl (C=O) groups is 1. The molecule has 0 aliphatic carbocycles. The summed E-state index contributed by atoms with van der Waals surface area (Å²) in [4.78, 5) is 25.2. The van der Waals surface area contributed by atoms with Crippen molar-refractivity contribution in [2.24, 2.45) is 0 Å². The van der Waals surface area contributed by atoms with Crippen molar-refractivity contribution in [1.29, 1.82) is 0 Å². The first-order valence-electron chi connectivity index (χ1n) is 9.37. The molecule has 0 bridgehead atoms. The van der Waals surface area contributed by atoms with Crippen molar-refractivity contribution in [1.82, 2.24) is 14.9 Å². The van der Waals surface area contributed by atoms with Gasteiger partial charge in [0.05, 0.1) is 6.54 Å². The summed E-state index contributed by atoms with van der Waals surface area (Å²) in [6.45, 7) is 7.57. The minimum atomic E-state index is 0.145. The molecule has 0 unspecified atom stereocenters. The minimum Gasteiger partial charge on any atom is -0.376 e. The molecule has 0 atom stereocenters. The molecule has 1 aromatic carbocycles. The van der Waals surface area contributed by atoms with Gasteiger partial charge in [-0.15, -0.1) is 0 Å². The Bertz CT molecular complexity index is 704. The zero-order valence-electron chi connectivity index (χ0n) is 15.6. The summed E-state index contributed by atoms with van der Waals surface area (Å²) >= 11 is 0. The molecule has 26 heavy (non-hydrogen) atoms. The number of nitrogens with one attached hydrogen (secondary N) is 1. The molecule has 2 aromatic rings. The monoisotopic (exact) mass is 353 g/mol. The highest BCUT2D eigenvalue weighted by Gasteiger charge is 2.22. The Labute approximate surface area is 155 Å². The van der Waals surface area contributed by atoms with E-state index in [4.69, 9.17) is 0 Å². The summed E-state index contributed by atoms with van der Waals surface area (Å²) in [6.07, 6.45) is 5.42. The third-order valence-electron chi connectivity index (χ3n) is 4.88. The summed E-state index contributed by atoms with van der Waals surface area (Å²) in [6, 6.07) is 8.17. The molecule has 1 fully saturated rings. The van der Waals surface area contributed by atoms with E-state index in [1.165, 1.54) is 11.1 Å². The molecule has 2 heterocycles. The summed E-state index contributed by atoms with van der Waals surface area (Å²) in [7, 11) is 0. The van der Waals surface area contributed by atoms with E-state index in [-0.39, 0.29) is 5.91 Å². The lowest BCUT2D eigenvalue weighted by molar-refractivity contribution is -0.129. The lowest BCUT2D eigenvalue weighted by atomic mass is 10.0. The second-order valence-electron chi connectivity index (χ2n) is 6.43. The Morgan fingerprint density at radius 2 is 1.62 bits per heavy atom. The van der Waals surface area contributed by atoms with E-state index in [0.717, 1.165) is 37.6 Å². The number of hydrogen-bond acceptors (Lipinski definition) is 5. The number of hydrogen-bond donors (Lipinski definition) is 1. The molecule has 6 nitrogen and oxygen atoms in total. The van der Waals surface area contributed by atoms with E-state index in [9.17, 15) is 4.79 Å². The molecule has 0 spiro atoms. The average Bonchev–Trinajstić information content (AvgIpc) is 2.72. The Kier molecular flexibility index (Phi) is 6.04. The molecular formula is C20H27N5O. The standard InChI is InChI=1S/C20H27N5O/c1-3-16-7-5-8-17(4-2)19(16)23-15-18(26)24-11-13-25(14-12-24)20-21-9-6-10-22-20/h5-10,23H,3-4,11-15H2,1-2H3. The zero-order valence-corrected chi connectivity index (χ0v) is 15.6. The van der Waals surface area contributed by atoms with Crippen molar-refractivity contribution < 1.29 is 4.79 Å². The fraction of sp³-hybridized carbons (Fsp3) is 0.450. The van der Waals surface area contributed by atoms with Gasteiger partial charge in [0.2, 0.25) is 11.9 Å². The predicted molar refractivity (Wildman–Crippen MR) is 105 cm³/mol. The van der Waals surface area contributed by atoms with Crippen LogP contribution in [0.25, 0.3) is 0 Å². The van der Waals surface area contributed by atoms with Crippen molar-refractivity contribution in [2.45, 2.75) is 26.7 Å². The fourth-order valence-electron chi connectivity index (χ4n) is 3.36. The van der Waals surface area contributed by atoms with Crippen LogP contribution < -0.4 is 10.2 Å². The molecule has 6 heteroatoms. The van der Waals surface area contributed by atoms with E-state index < -0.39 is 0 Å². The third-order valence-corrected chi connectivity index (χ3v) is 4.88. The second kappa shape index (κ2) is 8.65. The largest absolute Gasteiger partial charge is 0.376 e. The molecule has 3 rings (SSSR count). The Balaban J connectivity index is 1.56. The van der Waals surface area contributed by atoms with Gasteiger partial charge in [0.15, 0.2) is 0 Å². The van der Waals surface area contributed by atoms with E-state index in [1.54, 1.807) is 12.4 Å². The Hall–Kier alpha value is -2.63. The average molecular weight is 353 g/mol. The van der Waals surface area contributed by atoms with Crippen LogP contribution in [0.4, 0.5) is 11.6 Å². The lowest BCUT2D eigenvalue weighted by Gasteiger charge is -2.34. The van der Waals surface area contributed by atoms with Crippen molar-refractivity contribution in [2.75, 3.05) is 42.9 Å². The van der Waals surface area contributed by atoms with Crippen LogP contribution in [0, 0.1) is 0 Å². The van der Waals surface area contributed by atoms with Gasteiger partial charge in [-0.25, -0.2) is 9.97 Å². The van der Waals surface area contributed by atoms with Gasteiger partial charge in [0.25, 0.3) is 0 Å². The highest BCUT2D eigenvalue weighted by atomic mass is 16.2. The molecule has 0 saturated carbocycles. The summed E-state index contributed by atoms with van der Waals surface area (Å²) < 4.78 is 0. The van der Waals surface area contributed by atoms with Gasteiger partial charge in [-0.05, 0) is 30.0 Å². The topological polar surface area (TPSA) is 61.4 Å². The first-order valence-corrected chi connectivity index (χ1v) is 9.37. The number of aryl methyl sites for hydroxylation is 2. The van der Waals surface area contributed by atoms with Crippen LogP contribution in [0.2, 0.25) is 0 Å². The summed E-state index contributed by atoms with van der Waals surface area (Å²) in [5.74, 6) is 0.883. The fourth-order valence-corrected chi connectivity index (χ4v) is 3.36. The van der Waals surface area contributed by atoms with E-state index >= 15 is 0 Å². The molecule has 1 amide bonds. The number of piperazine rings is 1. The Morgan fingerprint density at radius 1 is 1.00 bits per heavy atom. The molecular weight excluding hydrogens is 326 g/mol. The molecule has 1 saturated heterocycles. The predicted octanol–water partition coefficient (Wildman–Crippen LogP) is 2.36. The van der Waals surface area contributed by atoms with Crippen LogP contribution in [0.5, 0.6) is 0 Å². The number of amides is 1. The maximum Gasteiger partial charge on any atom is 0.241 e. The second-order valence-corrected chi connectivity index (χ2v) is 6.43. The number of benzene rings is 1. The zero-order chi connectivity index (χ0) is 18.4. The molecule has 0 radical (unpaired) electrons. The number of rotatable bonds is 6. The number of nitrogens with zero attached hydrogens (tertiary/aromatic N) is 4. The van der Waals surface area contributed by atoms with E-state index in [2.05, 4.69) is 52.2 Å². The quantitative estimate of drug-likeness (QED) is 0.864. The van der Waals surface area contributed by atoms with Crippen molar-refractivity contribution in [3.63, 3.8) is 0 Å². The molecule has 1 aliphatic rings. The van der Waals surface area contributed by atoms with E-state index in [0.29, 0.717) is 19.6 Å². The lowest BCUT2D eigenvalue weighted by Crippen LogP contribution is -2.50. The summed E-state index contributed by atoms with van der Waals surface area (Å²) in [5, 5.41) is 3.39. The highest BCUT2D eigenvalue weighted by Crippen LogP contribution is 2.22. The molecule has 1 N–H and O–H groups in total. The van der Waals surface area contributed by atoms with Crippen molar-refractivity contribution in [3.8, 4) is 0 Å². The van der Waals surface area contributed by atoms with Crippen LogP contribution in [-0.4, -0.2) is 53.5 Å². The highest BCUT2D eigenvalue weighted by molar-refractivity contribution is 5.81. The summed E-state index contributed by atoms with van der Waals surface area (Å²) in [5.41, 5.74) is 3.66. The minimum absolute atomic E-state index is 0.145. The van der Waals surface area contributed by atoms with Crippen molar-refractivity contribution in [3.05, 3.63) is 47.8 Å². The maximum absolute atomic E-state index is 12.6.